The van der Waals surface area contributed by atoms with Crippen LogP contribution in [0.5, 0.6) is 0 Å². The Morgan fingerprint density at radius 3 is 0.768 bits per heavy atom. The van der Waals surface area contributed by atoms with E-state index in [0.717, 1.165) is 8.97 Å². The first kappa shape index (κ1) is 65.7. The summed E-state index contributed by atoms with van der Waals surface area (Å²) in [6.45, 7) is 18.8. The van der Waals surface area contributed by atoms with E-state index in [2.05, 4.69) is 101 Å². The van der Waals surface area contributed by atoms with Gasteiger partial charge in [0.05, 0.1) is 75.0 Å². The summed E-state index contributed by atoms with van der Waals surface area (Å²) in [7, 11) is 13.4. The third-order valence-electron chi connectivity index (χ3n) is 11.2. The minimum absolute atomic E-state index is 0. The number of unbranched alkanes of at least 4 members (excludes halogenated alkanes) is 23. The maximum absolute atomic E-state index is 2.33. The molecule has 0 aromatic heterocycles. The van der Waals surface area contributed by atoms with Crippen LogP contribution in [0.1, 0.15) is 214 Å². The SMILES string of the molecule is CCCCCCCCCCCCCCCCCC[N+](C)(C)C.CCCCC[N+](CCCCC)(CCCCC)CCCCC.C[N+](C)(C)c1ccccc1.[Br-].[Br-].[Br-]. The predicted molar refractivity (Wildman–Crippen MR) is 246 cm³/mol. The maximum atomic E-state index is 2.33. The van der Waals surface area contributed by atoms with Crippen molar-refractivity contribution in [3.8, 4) is 0 Å². The molecule has 56 heavy (non-hydrogen) atoms. The molecular weight excluding hydrogens is 882 g/mol. The van der Waals surface area contributed by atoms with Gasteiger partial charge in [0.25, 0.3) is 0 Å². The summed E-state index contributed by atoms with van der Waals surface area (Å²) in [6.07, 6.45) is 40.3. The molecule has 0 radical (unpaired) electrons. The Morgan fingerprint density at radius 2 is 0.536 bits per heavy atom. The zero-order valence-corrected chi connectivity index (χ0v) is 45.0. The van der Waals surface area contributed by atoms with Crippen LogP contribution in [-0.2, 0) is 0 Å². The fourth-order valence-corrected chi connectivity index (χ4v) is 7.47. The molecule has 0 N–H and O–H groups in total. The topological polar surface area (TPSA) is 0 Å². The second-order valence-corrected chi connectivity index (χ2v) is 18.7. The van der Waals surface area contributed by atoms with E-state index in [1.54, 1.807) is 0 Å². The van der Waals surface area contributed by atoms with Crippen LogP contribution in [-0.4, -0.2) is 84.0 Å². The van der Waals surface area contributed by atoms with Gasteiger partial charge in [0.15, 0.2) is 0 Å². The van der Waals surface area contributed by atoms with E-state index in [4.69, 9.17) is 0 Å². The van der Waals surface area contributed by atoms with Crippen LogP contribution in [0.15, 0.2) is 30.3 Å². The highest BCUT2D eigenvalue weighted by atomic mass is 79.9. The summed E-state index contributed by atoms with van der Waals surface area (Å²) in [5.41, 5.74) is 1.34. The normalized spacial score (nSPS) is 11.3. The molecule has 1 aromatic carbocycles. The monoisotopic (exact) mass is 984 g/mol. The molecule has 0 aliphatic heterocycles. The number of benzene rings is 1. The summed E-state index contributed by atoms with van der Waals surface area (Å²) in [4.78, 5) is 0. The first-order chi connectivity index (χ1) is 25.4. The van der Waals surface area contributed by atoms with Crippen LogP contribution in [0.4, 0.5) is 5.69 Å². The van der Waals surface area contributed by atoms with E-state index in [1.165, 1.54) is 223 Å². The minimum atomic E-state index is 0. The molecule has 0 aliphatic carbocycles. The van der Waals surface area contributed by atoms with E-state index >= 15 is 0 Å². The van der Waals surface area contributed by atoms with Gasteiger partial charge in [-0.1, -0.05) is 168 Å². The number of hydrogen-bond acceptors (Lipinski definition) is 0. The highest BCUT2D eigenvalue weighted by Crippen LogP contribution is 2.19. The molecule has 0 saturated heterocycles. The van der Waals surface area contributed by atoms with Crippen molar-refractivity contribution < 1.29 is 59.9 Å². The summed E-state index contributed by atoms with van der Waals surface area (Å²) in [5, 5.41) is 0. The summed E-state index contributed by atoms with van der Waals surface area (Å²) in [6, 6.07) is 10.5. The fraction of sp³-hybridized carbons (Fsp3) is 0.880. The van der Waals surface area contributed by atoms with E-state index in [9.17, 15) is 0 Å². The van der Waals surface area contributed by atoms with Crippen molar-refractivity contribution >= 4 is 5.69 Å². The van der Waals surface area contributed by atoms with Crippen LogP contribution in [0.3, 0.4) is 0 Å². The van der Waals surface area contributed by atoms with Gasteiger partial charge < -0.3 is 59.9 Å². The lowest BCUT2D eigenvalue weighted by Gasteiger charge is -2.39. The van der Waals surface area contributed by atoms with Crippen molar-refractivity contribution in [3.05, 3.63) is 30.3 Å². The Balaban J connectivity index is -0.000000239. The number of para-hydroxylation sites is 1. The van der Waals surface area contributed by atoms with Gasteiger partial charge in [0.2, 0.25) is 0 Å². The summed E-state index contributed by atoms with van der Waals surface area (Å²) in [5.74, 6) is 0. The van der Waals surface area contributed by atoms with Gasteiger partial charge in [-0.05, 0) is 76.3 Å². The van der Waals surface area contributed by atoms with Crippen molar-refractivity contribution in [2.24, 2.45) is 0 Å². The van der Waals surface area contributed by atoms with Gasteiger partial charge in [-0.3, -0.25) is 4.48 Å². The summed E-state index contributed by atoms with van der Waals surface area (Å²) >= 11 is 0. The van der Waals surface area contributed by atoms with Crippen molar-refractivity contribution in [1.82, 2.24) is 4.48 Å². The average molecular weight is 987 g/mol. The molecule has 1 aromatic rings. The van der Waals surface area contributed by atoms with Crippen molar-refractivity contribution in [2.75, 3.05) is 75.0 Å². The van der Waals surface area contributed by atoms with Crippen LogP contribution in [0, 0.1) is 0 Å². The molecule has 0 spiro atoms. The fourth-order valence-electron chi connectivity index (χ4n) is 7.47. The molecule has 0 unspecified atom stereocenters. The van der Waals surface area contributed by atoms with Gasteiger partial charge in [0, 0.05) is 0 Å². The molecular formula is C50H104Br3N3. The molecule has 340 valence electrons. The highest BCUT2D eigenvalue weighted by molar-refractivity contribution is 5.40. The third-order valence-corrected chi connectivity index (χ3v) is 11.2. The van der Waals surface area contributed by atoms with Crippen LogP contribution < -0.4 is 55.4 Å². The molecule has 0 atom stereocenters. The number of nitrogens with zero attached hydrogens (tertiary/aromatic N) is 3. The maximum Gasteiger partial charge on any atom is 0.132 e. The van der Waals surface area contributed by atoms with Crippen LogP contribution in [0.2, 0.25) is 0 Å². The molecule has 0 fully saturated rings. The summed E-state index contributed by atoms with van der Waals surface area (Å²) < 4.78 is 3.46. The zero-order chi connectivity index (χ0) is 39.9. The highest BCUT2D eigenvalue weighted by Gasteiger charge is 2.25. The van der Waals surface area contributed by atoms with Gasteiger partial charge in [-0.15, -0.1) is 0 Å². The molecule has 3 nitrogen and oxygen atoms in total. The predicted octanol–water partition coefficient (Wildman–Crippen LogP) is 6.41. The third kappa shape index (κ3) is 47.2. The molecule has 0 heterocycles. The number of hydrogen-bond donors (Lipinski definition) is 0. The second-order valence-electron chi connectivity index (χ2n) is 18.7. The van der Waals surface area contributed by atoms with Gasteiger partial charge in [-0.2, -0.15) is 0 Å². The van der Waals surface area contributed by atoms with Gasteiger partial charge in [-0.25, -0.2) is 0 Å². The zero-order valence-electron chi connectivity index (χ0n) is 40.2. The van der Waals surface area contributed by atoms with E-state index in [-0.39, 0.29) is 50.9 Å². The Bertz CT molecular complexity index is 793. The van der Waals surface area contributed by atoms with Gasteiger partial charge >= 0.3 is 0 Å². The number of halogens is 3. The molecule has 0 saturated carbocycles. The molecule has 6 heteroatoms. The lowest BCUT2D eigenvalue weighted by Crippen LogP contribution is -3.00. The van der Waals surface area contributed by atoms with Crippen LogP contribution >= 0.6 is 0 Å². The molecule has 0 aliphatic rings. The van der Waals surface area contributed by atoms with E-state index in [0.29, 0.717) is 0 Å². The number of quaternary nitrogens is 3. The number of rotatable bonds is 34. The molecule has 1 rings (SSSR count). The smallest absolute Gasteiger partial charge is 0.132 e. The Kier molecular flexibility index (Phi) is 54.6. The van der Waals surface area contributed by atoms with E-state index < -0.39 is 0 Å². The lowest BCUT2D eigenvalue weighted by molar-refractivity contribution is -0.929. The van der Waals surface area contributed by atoms with E-state index in [1.807, 2.05) is 6.07 Å². The Labute approximate surface area is 387 Å². The first-order valence-electron chi connectivity index (χ1n) is 23.9. The first-order valence-corrected chi connectivity index (χ1v) is 23.9. The van der Waals surface area contributed by atoms with Crippen molar-refractivity contribution in [1.29, 1.82) is 0 Å². The second kappa shape index (κ2) is 46.6. The minimum Gasteiger partial charge on any atom is -1.00 e. The Morgan fingerprint density at radius 1 is 0.304 bits per heavy atom. The quantitative estimate of drug-likeness (QED) is 0.0554. The van der Waals surface area contributed by atoms with Crippen LogP contribution in [0.25, 0.3) is 0 Å². The van der Waals surface area contributed by atoms with Crippen molar-refractivity contribution in [3.63, 3.8) is 0 Å². The van der Waals surface area contributed by atoms with Crippen molar-refractivity contribution in [2.45, 2.75) is 214 Å². The largest absolute Gasteiger partial charge is 1.00 e. The standard InChI is InChI=1S/C21H46N.C20H44N.C9H14N.3BrH/c1-5-6-7-8-9-10-11-12-13-14-15-16-17-18-19-20-21-22(2,3)4;1-5-9-13-17-21(18-14-10-6-2,19-15-11-7-3)20-16-12-8-4;1-10(2,3)9-7-5-4-6-8-9;;;/h5-21H2,1-4H3;5-20H2,1-4H3;4-8H,1-3H3;3*1H/q3*+1;;;/p-3. The van der Waals surface area contributed by atoms with Gasteiger partial charge in [0.1, 0.15) is 5.69 Å². The Hall–Kier alpha value is 0.540. The molecule has 0 bridgehead atoms. The lowest BCUT2D eigenvalue weighted by atomic mass is 10.0. The molecule has 0 amide bonds. The average Bonchev–Trinajstić information content (AvgIpc) is 3.12.